The van der Waals surface area contributed by atoms with Gasteiger partial charge in [0.2, 0.25) is 0 Å². The van der Waals surface area contributed by atoms with Gasteiger partial charge in [0.05, 0.1) is 11.4 Å². The highest BCUT2D eigenvalue weighted by Gasteiger charge is 2.43. The molecular formula is C22H25N5. The van der Waals surface area contributed by atoms with Crippen LogP contribution in [0, 0.1) is 6.92 Å². The highest BCUT2D eigenvalue weighted by Crippen LogP contribution is 2.44. The lowest BCUT2D eigenvalue weighted by molar-refractivity contribution is 0.136. The molecule has 0 bridgehead atoms. The van der Waals surface area contributed by atoms with Crippen molar-refractivity contribution < 1.29 is 0 Å². The number of benzene rings is 1. The summed E-state index contributed by atoms with van der Waals surface area (Å²) < 4.78 is 1.92. The summed E-state index contributed by atoms with van der Waals surface area (Å²) in [7, 11) is 0. The Hall–Kier alpha value is -2.53. The van der Waals surface area contributed by atoms with Crippen molar-refractivity contribution >= 4 is 0 Å². The van der Waals surface area contributed by atoms with E-state index in [0.29, 0.717) is 0 Å². The standard InChI is InChI=1S/C22H25N5/c1-17-23-14-19-7-9-22(21(19)25-17)8-3-11-26(16-22)15-18-5-2-6-20(13-18)27-12-4-10-24-27/h2,4-6,10,12-14H,3,7-9,11,15-16H2,1H3. The second kappa shape index (κ2) is 6.57. The SMILES string of the molecule is Cc1ncc2c(n1)C1(CCCN(Cc3cccc(-n4cccn4)c3)C1)CC2. The van der Waals surface area contributed by atoms with E-state index in [1.807, 2.05) is 30.1 Å². The van der Waals surface area contributed by atoms with Crippen LogP contribution in [-0.4, -0.2) is 37.7 Å². The molecule has 0 N–H and O–H groups in total. The number of likely N-dealkylation sites (tertiary alicyclic amines) is 1. The minimum atomic E-state index is 0.223. The second-order valence-electron chi connectivity index (χ2n) is 8.01. The third kappa shape index (κ3) is 3.06. The monoisotopic (exact) mass is 359 g/mol. The molecule has 1 unspecified atom stereocenters. The quantitative estimate of drug-likeness (QED) is 0.719. The molecule has 0 radical (unpaired) electrons. The predicted octanol–water partition coefficient (Wildman–Crippen LogP) is 3.45. The van der Waals surface area contributed by atoms with Crippen LogP contribution in [0.15, 0.2) is 48.9 Å². The van der Waals surface area contributed by atoms with Gasteiger partial charge < -0.3 is 0 Å². The maximum absolute atomic E-state index is 4.87. The first-order valence-electron chi connectivity index (χ1n) is 9.86. The van der Waals surface area contributed by atoms with E-state index in [1.54, 1.807) is 0 Å². The van der Waals surface area contributed by atoms with Crippen LogP contribution >= 0.6 is 0 Å². The number of fused-ring (bicyclic) bond motifs is 2. The summed E-state index contributed by atoms with van der Waals surface area (Å²) in [6.45, 7) is 5.25. The molecule has 0 amide bonds. The van der Waals surface area contributed by atoms with Gasteiger partial charge in [-0.25, -0.2) is 14.6 Å². The lowest BCUT2D eigenvalue weighted by Crippen LogP contribution is -2.45. The molecule has 0 saturated carbocycles. The summed E-state index contributed by atoms with van der Waals surface area (Å²) in [6.07, 6.45) is 10.7. The third-order valence-electron chi connectivity index (χ3n) is 6.10. The minimum Gasteiger partial charge on any atom is -0.298 e. The Morgan fingerprint density at radius 3 is 3.04 bits per heavy atom. The fourth-order valence-electron chi connectivity index (χ4n) is 4.87. The van der Waals surface area contributed by atoms with Crippen LogP contribution in [-0.2, 0) is 18.4 Å². The third-order valence-corrected chi connectivity index (χ3v) is 6.10. The van der Waals surface area contributed by atoms with Crippen LogP contribution in [0.2, 0.25) is 0 Å². The van der Waals surface area contributed by atoms with Gasteiger partial charge in [-0.3, -0.25) is 4.90 Å². The summed E-state index contributed by atoms with van der Waals surface area (Å²) >= 11 is 0. The first-order valence-corrected chi connectivity index (χ1v) is 9.86. The molecular weight excluding hydrogens is 334 g/mol. The maximum Gasteiger partial charge on any atom is 0.125 e. The lowest BCUT2D eigenvalue weighted by Gasteiger charge is -2.40. The van der Waals surface area contributed by atoms with Crippen molar-refractivity contribution in [2.45, 2.75) is 44.6 Å². The molecule has 2 aromatic heterocycles. The molecule has 1 aromatic carbocycles. The average Bonchev–Trinajstić information content (AvgIpc) is 3.32. The van der Waals surface area contributed by atoms with E-state index in [4.69, 9.17) is 4.98 Å². The Bertz CT molecular complexity index is 945. The number of piperidine rings is 1. The number of rotatable bonds is 3. The van der Waals surface area contributed by atoms with Gasteiger partial charge in [0.1, 0.15) is 5.82 Å². The fourth-order valence-corrected chi connectivity index (χ4v) is 4.87. The van der Waals surface area contributed by atoms with Crippen molar-refractivity contribution in [2.24, 2.45) is 0 Å². The van der Waals surface area contributed by atoms with Gasteiger partial charge >= 0.3 is 0 Å². The van der Waals surface area contributed by atoms with Crippen molar-refractivity contribution in [3.05, 3.63) is 71.6 Å². The molecule has 1 saturated heterocycles. The Balaban J connectivity index is 1.38. The Morgan fingerprint density at radius 1 is 1.19 bits per heavy atom. The second-order valence-corrected chi connectivity index (χ2v) is 8.01. The molecule has 5 heteroatoms. The molecule has 1 spiro atoms. The van der Waals surface area contributed by atoms with Gasteiger partial charge in [0, 0.05) is 37.1 Å². The highest BCUT2D eigenvalue weighted by molar-refractivity contribution is 5.36. The van der Waals surface area contributed by atoms with Gasteiger partial charge in [0.15, 0.2) is 0 Å². The van der Waals surface area contributed by atoms with Crippen LogP contribution in [0.4, 0.5) is 0 Å². The number of hydrogen-bond acceptors (Lipinski definition) is 4. The zero-order valence-corrected chi connectivity index (χ0v) is 15.8. The lowest BCUT2D eigenvalue weighted by atomic mass is 9.77. The zero-order chi connectivity index (χ0) is 18.3. The van der Waals surface area contributed by atoms with Crippen LogP contribution in [0.3, 0.4) is 0 Å². The topological polar surface area (TPSA) is 46.8 Å². The number of aryl methyl sites for hydroxylation is 2. The molecule has 1 aliphatic carbocycles. The molecule has 3 aromatic rings. The van der Waals surface area contributed by atoms with Crippen molar-refractivity contribution in [3.63, 3.8) is 0 Å². The summed E-state index contributed by atoms with van der Waals surface area (Å²) in [6, 6.07) is 10.7. The maximum atomic E-state index is 4.87. The smallest absolute Gasteiger partial charge is 0.125 e. The molecule has 5 rings (SSSR count). The average molecular weight is 359 g/mol. The summed E-state index contributed by atoms with van der Waals surface area (Å²) in [4.78, 5) is 11.9. The van der Waals surface area contributed by atoms with Crippen molar-refractivity contribution in [3.8, 4) is 5.69 Å². The minimum absolute atomic E-state index is 0.223. The van der Waals surface area contributed by atoms with E-state index in [-0.39, 0.29) is 5.41 Å². The van der Waals surface area contributed by atoms with Crippen molar-refractivity contribution in [1.29, 1.82) is 0 Å². The summed E-state index contributed by atoms with van der Waals surface area (Å²) in [5, 5.41) is 4.35. The molecule has 3 heterocycles. The normalized spacial score (nSPS) is 22.3. The van der Waals surface area contributed by atoms with Crippen LogP contribution in [0.1, 0.15) is 41.9 Å². The summed E-state index contributed by atoms with van der Waals surface area (Å²) in [5.74, 6) is 0.902. The van der Waals surface area contributed by atoms with Crippen molar-refractivity contribution in [2.75, 3.05) is 13.1 Å². The zero-order valence-electron chi connectivity index (χ0n) is 15.8. The van der Waals surface area contributed by atoms with E-state index in [0.717, 1.165) is 37.6 Å². The molecule has 27 heavy (non-hydrogen) atoms. The molecule has 1 fully saturated rings. The van der Waals surface area contributed by atoms with Gasteiger partial charge in [-0.15, -0.1) is 0 Å². The fraction of sp³-hybridized carbons (Fsp3) is 0.409. The van der Waals surface area contributed by atoms with E-state index >= 15 is 0 Å². The van der Waals surface area contributed by atoms with Crippen LogP contribution < -0.4 is 0 Å². The van der Waals surface area contributed by atoms with Crippen LogP contribution in [0.5, 0.6) is 0 Å². The number of nitrogens with zero attached hydrogens (tertiary/aromatic N) is 5. The van der Waals surface area contributed by atoms with Gasteiger partial charge in [0.25, 0.3) is 0 Å². The van der Waals surface area contributed by atoms with Crippen molar-refractivity contribution in [1.82, 2.24) is 24.6 Å². The Morgan fingerprint density at radius 2 is 2.15 bits per heavy atom. The highest BCUT2D eigenvalue weighted by atomic mass is 15.3. The molecule has 1 atom stereocenters. The molecule has 2 aliphatic rings. The van der Waals surface area contributed by atoms with E-state index in [2.05, 4.69) is 45.4 Å². The Labute approximate surface area is 160 Å². The van der Waals surface area contributed by atoms with Gasteiger partial charge in [-0.1, -0.05) is 12.1 Å². The van der Waals surface area contributed by atoms with E-state index in [1.165, 1.54) is 36.1 Å². The van der Waals surface area contributed by atoms with E-state index < -0.39 is 0 Å². The van der Waals surface area contributed by atoms with E-state index in [9.17, 15) is 0 Å². The number of aromatic nitrogens is 4. The predicted molar refractivity (Wildman–Crippen MR) is 105 cm³/mol. The first-order chi connectivity index (χ1) is 13.2. The summed E-state index contributed by atoms with van der Waals surface area (Å²) in [5.41, 5.74) is 5.38. The number of hydrogen-bond donors (Lipinski definition) is 0. The molecule has 138 valence electrons. The molecule has 1 aliphatic heterocycles. The first kappa shape index (κ1) is 16.6. The molecule has 5 nitrogen and oxygen atoms in total. The van der Waals surface area contributed by atoms with Gasteiger partial charge in [-0.2, -0.15) is 5.10 Å². The Kier molecular flexibility index (Phi) is 4.05. The van der Waals surface area contributed by atoms with Gasteiger partial charge in [-0.05, 0) is 68.5 Å². The largest absolute Gasteiger partial charge is 0.298 e. The van der Waals surface area contributed by atoms with Crippen LogP contribution in [0.25, 0.3) is 5.69 Å².